The molecule has 1 amide bonds. The van der Waals surface area contributed by atoms with Gasteiger partial charge in [0.05, 0.1) is 5.75 Å². The number of hydrogen-bond acceptors (Lipinski definition) is 5. The van der Waals surface area contributed by atoms with Crippen LogP contribution in [0.3, 0.4) is 0 Å². The van der Waals surface area contributed by atoms with Crippen molar-refractivity contribution in [3.05, 3.63) is 46.1 Å². The molecule has 0 saturated carbocycles. The van der Waals surface area contributed by atoms with Gasteiger partial charge < -0.3 is 5.32 Å². The molecular formula is C21H23N3OS2. The van der Waals surface area contributed by atoms with Gasteiger partial charge in [0, 0.05) is 16.0 Å². The van der Waals surface area contributed by atoms with Crippen molar-refractivity contribution in [2.75, 3.05) is 11.1 Å². The smallest absolute Gasteiger partial charge is 0.234 e. The SMILES string of the molecule is Cc1ccc(NC(=O)CSc2ncnc3sc4c(c23)CC[C@H](C)C4)c(C)c1. The molecule has 0 spiro atoms. The number of nitrogens with zero attached hydrogens (tertiary/aromatic N) is 2. The van der Waals surface area contributed by atoms with Crippen LogP contribution in [0.2, 0.25) is 0 Å². The standard InChI is InChI=1S/C21H23N3OS2/c1-12-5-7-16(14(3)8-12)24-18(25)10-26-20-19-15-6-4-13(2)9-17(15)27-21(19)23-11-22-20/h5,7-8,11,13H,4,6,9-10H2,1-3H3,(H,24,25)/t13-/m0/s1. The molecule has 1 aromatic carbocycles. The summed E-state index contributed by atoms with van der Waals surface area (Å²) in [6, 6.07) is 6.06. The summed E-state index contributed by atoms with van der Waals surface area (Å²) >= 11 is 3.30. The summed E-state index contributed by atoms with van der Waals surface area (Å²) in [5, 5.41) is 5.13. The molecule has 2 heterocycles. The Balaban J connectivity index is 1.51. The fourth-order valence-electron chi connectivity index (χ4n) is 3.63. The maximum Gasteiger partial charge on any atom is 0.234 e. The molecule has 2 aromatic heterocycles. The summed E-state index contributed by atoms with van der Waals surface area (Å²) in [5.41, 5.74) is 4.56. The number of fused-ring (bicyclic) bond motifs is 3. The number of rotatable bonds is 4. The monoisotopic (exact) mass is 397 g/mol. The van der Waals surface area contributed by atoms with Crippen LogP contribution in [0.25, 0.3) is 10.2 Å². The second-order valence-corrected chi connectivity index (χ2v) is 9.41. The van der Waals surface area contributed by atoms with Gasteiger partial charge >= 0.3 is 0 Å². The molecule has 27 heavy (non-hydrogen) atoms. The fraction of sp³-hybridized carbons (Fsp3) is 0.381. The van der Waals surface area contributed by atoms with Crippen molar-refractivity contribution in [2.24, 2.45) is 5.92 Å². The molecule has 4 nitrogen and oxygen atoms in total. The number of aromatic nitrogens is 2. The summed E-state index contributed by atoms with van der Waals surface area (Å²) < 4.78 is 0. The van der Waals surface area contributed by atoms with Gasteiger partial charge in [0.25, 0.3) is 0 Å². The molecule has 0 saturated heterocycles. The van der Waals surface area contributed by atoms with Crippen LogP contribution >= 0.6 is 23.1 Å². The van der Waals surface area contributed by atoms with E-state index in [-0.39, 0.29) is 5.91 Å². The third kappa shape index (κ3) is 3.87. The van der Waals surface area contributed by atoms with E-state index in [0.717, 1.165) is 39.9 Å². The van der Waals surface area contributed by atoms with E-state index in [0.29, 0.717) is 5.75 Å². The Morgan fingerprint density at radius 3 is 3.00 bits per heavy atom. The summed E-state index contributed by atoms with van der Waals surface area (Å²) in [7, 11) is 0. The topological polar surface area (TPSA) is 54.9 Å². The minimum absolute atomic E-state index is 0.00330. The van der Waals surface area contributed by atoms with Gasteiger partial charge in [-0.2, -0.15) is 0 Å². The van der Waals surface area contributed by atoms with Crippen LogP contribution in [0.4, 0.5) is 5.69 Å². The predicted molar refractivity (Wildman–Crippen MR) is 114 cm³/mol. The molecule has 0 unspecified atom stereocenters. The van der Waals surface area contributed by atoms with Gasteiger partial charge in [-0.1, -0.05) is 36.4 Å². The molecule has 1 atom stereocenters. The summed E-state index contributed by atoms with van der Waals surface area (Å²) in [5.74, 6) is 1.08. The van der Waals surface area contributed by atoms with Gasteiger partial charge in [-0.3, -0.25) is 4.79 Å². The first-order valence-electron chi connectivity index (χ1n) is 9.26. The Morgan fingerprint density at radius 1 is 1.33 bits per heavy atom. The van der Waals surface area contributed by atoms with Crippen molar-refractivity contribution in [3.63, 3.8) is 0 Å². The normalized spacial score (nSPS) is 16.3. The minimum Gasteiger partial charge on any atom is -0.325 e. The lowest BCUT2D eigenvalue weighted by Gasteiger charge is -2.18. The van der Waals surface area contributed by atoms with E-state index in [1.807, 2.05) is 19.1 Å². The molecule has 0 bridgehead atoms. The van der Waals surface area contributed by atoms with E-state index in [1.54, 1.807) is 17.7 Å². The van der Waals surface area contributed by atoms with Gasteiger partial charge in [0.2, 0.25) is 5.91 Å². The van der Waals surface area contributed by atoms with Gasteiger partial charge in [-0.05, 0) is 56.2 Å². The molecule has 140 valence electrons. The van der Waals surface area contributed by atoms with Crippen LogP contribution in [-0.2, 0) is 17.6 Å². The zero-order valence-electron chi connectivity index (χ0n) is 15.8. The molecule has 0 aliphatic heterocycles. The average molecular weight is 398 g/mol. The molecular weight excluding hydrogens is 374 g/mol. The fourth-order valence-corrected chi connectivity index (χ4v) is 5.87. The highest BCUT2D eigenvalue weighted by Crippen LogP contribution is 2.40. The molecule has 0 radical (unpaired) electrons. The van der Waals surface area contributed by atoms with E-state index >= 15 is 0 Å². The number of amides is 1. The third-order valence-electron chi connectivity index (χ3n) is 5.05. The number of nitrogens with one attached hydrogen (secondary N) is 1. The van der Waals surface area contributed by atoms with Crippen LogP contribution in [-0.4, -0.2) is 21.6 Å². The van der Waals surface area contributed by atoms with Crippen molar-refractivity contribution in [2.45, 2.75) is 45.1 Å². The number of thiophene rings is 1. The summed E-state index contributed by atoms with van der Waals surface area (Å²) in [6.07, 6.45) is 5.06. The zero-order valence-corrected chi connectivity index (χ0v) is 17.5. The Morgan fingerprint density at radius 2 is 2.19 bits per heavy atom. The quantitative estimate of drug-likeness (QED) is 0.488. The van der Waals surface area contributed by atoms with Crippen LogP contribution in [0.1, 0.15) is 34.9 Å². The van der Waals surface area contributed by atoms with Crippen LogP contribution in [0.15, 0.2) is 29.6 Å². The second-order valence-electron chi connectivity index (χ2n) is 7.37. The summed E-state index contributed by atoms with van der Waals surface area (Å²) in [4.78, 5) is 23.9. The van der Waals surface area contributed by atoms with E-state index in [9.17, 15) is 4.79 Å². The number of carbonyl (C=O) groups excluding carboxylic acids is 1. The Hall–Kier alpha value is -1.92. The summed E-state index contributed by atoms with van der Waals surface area (Å²) in [6.45, 7) is 6.38. The average Bonchev–Trinajstić information content (AvgIpc) is 3.00. The number of thioether (sulfide) groups is 1. The van der Waals surface area contributed by atoms with E-state index in [1.165, 1.54) is 39.6 Å². The number of carbonyl (C=O) groups is 1. The molecule has 6 heteroatoms. The number of hydrogen-bond donors (Lipinski definition) is 1. The van der Waals surface area contributed by atoms with Crippen LogP contribution < -0.4 is 5.32 Å². The zero-order chi connectivity index (χ0) is 19.0. The first kappa shape index (κ1) is 18.4. The molecule has 0 fully saturated rings. The highest BCUT2D eigenvalue weighted by Gasteiger charge is 2.23. The lowest BCUT2D eigenvalue weighted by molar-refractivity contribution is -0.113. The van der Waals surface area contributed by atoms with Crippen molar-refractivity contribution in [3.8, 4) is 0 Å². The lowest BCUT2D eigenvalue weighted by atomic mass is 9.89. The largest absolute Gasteiger partial charge is 0.325 e. The first-order chi connectivity index (χ1) is 13.0. The predicted octanol–water partition coefficient (Wildman–Crippen LogP) is 5.16. The van der Waals surface area contributed by atoms with Crippen LogP contribution in [0.5, 0.6) is 0 Å². The molecule has 3 aromatic rings. The number of benzene rings is 1. The molecule has 1 aliphatic rings. The van der Waals surface area contributed by atoms with Gasteiger partial charge in [-0.15, -0.1) is 11.3 Å². The van der Waals surface area contributed by atoms with Crippen molar-refractivity contribution in [1.29, 1.82) is 0 Å². The van der Waals surface area contributed by atoms with E-state index in [2.05, 4.69) is 35.2 Å². The highest BCUT2D eigenvalue weighted by molar-refractivity contribution is 8.00. The van der Waals surface area contributed by atoms with Crippen molar-refractivity contribution in [1.82, 2.24) is 9.97 Å². The van der Waals surface area contributed by atoms with Crippen molar-refractivity contribution >= 4 is 44.9 Å². The van der Waals surface area contributed by atoms with E-state index in [4.69, 9.17) is 0 Å². The molecule has 4 rings (SSSR count). The molecule has 1 N–H and O–H groups in total. The Labute approximate surface area is 167 Å². The Kier molecular flexibility index (Phi) is 5.19. The first-order valence-corrected chi connectivity index (χ1v) is 11.1. The van der Waals surface area contributed by atoms with Gasteiger partial charge in [0.1, 0.15) is 16.2 Å². The second kappa shape index (κ2) is 7.60. The van der Waals surface area contributed by atoms with Crippen molar-refractivity contribution < 1.29 is 4.79 Å². The Bertz CT molecular complexity index is 1010. The van der Waals surface area contributed by atoms with Gasteiger partial charge in [0.15, 0.2) is 0 Å². The number of aryl methyl sites for hydroxylation is 3. The minimum atomic E-state index is -0.00330. The maximum atomic E-state index is 12.5. The molecule has 1 aliphatic carbocycles. The maximum absolute atomic E-state index is 12.5. The number of anilines is 1. The third-order valence-corrected chi connectivity index (χ3v) is 7.20. The lowest BCUT2D eigenvalue weighted by Crippen LogP contribution is -2.15. The van der Waals surface area contributed by atoms with E-state index < -0.39 is 0 Å². The highest BCUT2D eigenvalue weighted by atomic mass is 32.2. The van der Waals surface area contributed by atoms with Gasteiger partial charge in [-0.25, -0.2) is 9.97 Å². The van der Waals surface area contributed by atoms with Crippen LogP contribution in [0, 0.1) is 19.8 Å².